The molecule has 0 radical (unpaired) electrons. The van der Waals surface area contributed by atoms with Crippen LogP contribution in [-0.4, -0.2) is 64.5 Å². The molecule has 0 saturated carbocycles. The molecule has 0 aliphatic carbocycles. The molecule has 2 N–H and O–H groups in total. The van der Waals surface area contributed by atoms with Crippen LogP contribution in [0.1, 0.15) is 26.3 Å². The highest BCUT2D eigenvalue weighted by atomic mass is 35.5. The van der Waals surface area contributed by atoms with Crippen LogP contribution in [0.2, 0.25) is 15.1 Å². The van der Waals surface area contributed by atoms with E-state index in [0.717, 1.165) is 5.57 Å². The van der Waals surface area contributed by atoms with Crippen molar-refractivity contribution in [1.82, 2.24) is 19.4 Å². The number of benzene rings is 1. The van der Waals surface area contributed by atoms with Gasteiger partial charge in [-0.15, -0.1) is 0 Å². The molecule has 5 rings (SSSR count). The molecule has 9 nitrogen and oxygen atoms in total. The Hall–Kier alpha value is -4.11. The molecule has 3 aromatic rings. The average Bonchev–Trinajstić information content (AvgIpc) is 3.03. The minimum atomic E-state index is -1.16. The Balaban J connectivity index is 1.91. The van der Waals surface area contributed by atoms with Gasteiger partial charge in [0, 0.05) is 38.6 Å². The number of nitriles is 1. The first-order chi connectivity index (χ1) is 21.7. The highest BCUT2D eigenvalue weighted by Gasteiger charge is 2.34. The average molecular weight is 689 g/mol. The van der Waals surface area contributed by atoms with Crippen molar-refractivity contribution in [1.29, 1.82) is 5.26 Å². The number of likely N-dealkylation sites (N-methyl/N-ethyl adjacent to an activating group) is 1. The van der Waals surface area contributed by atoms with Crippen molar-refractivity contribution in [3.63, 3.8) is 0 Å². The first kappa shape index (κ1) is 33.3. The molecule has 2 aliphatic rings. The van der Waals surface area contributed by atoms with Gasteiger partial charge in [-0.05, 0) is 42.8 Å². The number of anilines is 2. The second kappa shape index (κ2) is 12.6. The zero-order valence-corrected chi connectivity index (χ0v) is 27.7. The van der Waals surface area contributed by atoms with Gasteiger partial charge in [0.25, 0.3) is 5.56 Å². The fraction of sp³-hybridized carbons (Fsp3) is 0.312. The third kappa shape index (κ3) is 5.28. The van der Waals surface area contributed by atoms with Crippen LogP contribution >= 0.6 is 34.8 Å². The Morgan fingerprint density at radius 1 is 1.17 bits per heavy atom. The van der Waals surface area contributed by atoms with E-state index in [2.05, 4.69) is 12.6 Å². The molecule has 1 saturated heterocycles. The lowest BCUT2D eigenvalue weighted by Crippen LogP contribution is -2.49. The molecule has 1 aromatic carbocycles. The van der Waals surface area contributed by atoms with E-state index in [1.807, 2.05) is 49.9 Å². The van der Waals surface area contributed by atoms with Crippen molar-refractivity contribution < 1.29 is 13.6 Å². The number of piperazine rings is 1. The van der Waals surface area contributed by atoms with Crippen LogP contribution in [0.25, 0.3) is 28.0 Å². The highest BCUT2D eigenvalue weighted by molar-refractivity contribution is 6.39. The number of nitrogens with two attached hydrogens (primary N) is 1. The van der Waals surface area contributed by atoms with Gasteiger partial charge in [0.05, 0.1) is 44.4 Å². The Kier molecular flexibility index (Phi) is 9.10. The number of amides is 1. The third-order valence-electron chi connectivity index (χ3n) is 8.36. The number of allylic oxidation sites excluding steroid dienone is 2. The van der Waals surface area contributed by atoms with E-state index in [1.165, 1.54) is 16.7 Å². The maximum atomic E-state index is 15.7. The van der Waals surface area contributed by atoms with E-state index in [0.29, 0.717) is 24.2 Å². The molecule has 2 aromatic heterocycles. The molecule has 2 aliphatic heterocycles. The van der Waals surface area contributed by atoms with Crippen LogP contribution in [0.3, 0.4) is 0 Å². The molecular weight excluding hydrogens is 659 g/mol. The predicted molar refractivity (Wildman–Crippen MR) is 179 cm³/mol. The molecule has 1 fully saturated rings. The molecular formula is C32H30Cl3F2N7O2. The molecule has 1 atom stereocenters. The van der Waals surface area contributed by atoms with Gasteiger partial charge in [-0.2, -0.15) is 5.26 Å². The van der Waals surface area contributed by atoms with Gasteiger partial charge in [0.15, 0.2) is 11.6 Å². The lowest BCUT2D eigenvalue weighted by molar-refractivity contribution is -0.126. The fourth-order valence-electron chi connectivity index (χ4n) is 6.16. The largest absolute Gasteiger partial charge is 0.395 e. The van der Waals surface area contributed by atoms with E-state index in [9.17, 15) is 14.9 Å². The predicted octanol–water partition coefficient (Wildman–Crippen LogP) is 6.31. The van der Waals surface area contributed by atoms with E-state index < -0.39 is 38.5 Å². The Bertz CT molecular complexity index is 1950. The number of carbonyl (C=O) groups is 1. The van der Waals surface area contributed by atoms with E-state index >= 15 is 8.78 Å². The number of nitrogens with zero attached hydrogens (tertiary/aromatic N) is 6. The summed E-state index contributed by atoms with van der Waals surface area (Å²) in [7, 11) is 1.87. The maximum Gasteiger partial charge on any atom is 0.276 e. The summed E-state index contributed by atoms with van der Waals surface area (Å²) < 4.78 is 32.0. The van der Waals surface area contributed by atoms with Crippen LogP contribution < -0.4 is 16.2 Å². The second-order valence-electron chi connectivity index (χ2n) is 11.5. The molecule has 46 heavy (non-hydrogen) atoms. The summed E-state index contributed by atoms with van der Waals surface area (Å²) in [5, 5.41) is 9.24. The number of aromatic nitrogens is 2. The zero-order valence-electron chi connectivity index (χ0n) is 25.5. The van der Waals surface area contributed by atoms with Crippen LogP contribution in [-0.2, 0) is 4.79 Å². The first-order valence-corrected chi connectivity index (χ1v) is 15.5. The first-order valence-electron chi connectivity index (χ1n) is 14.3. The summed E-state index contributed by atoms with van der Waals surface area (Å²) in [6, 6.07) is 3.21. The lowest BCUT2D eigenvalue weighted by Gasteiger charge is -2.38. The number of carbonyl (C=O) groups excluding carboxylic acids is 1. The summed E-state index contributed by atoms with van der Waals surface area (Å²) in [6.07, 6.45) is 4.96. The fourth-order valence-corrected chi connectivity index (χ4v) is 6.90. The summed E-state index contributed by atoms with van der Waals surface area (Å²) in [5.74, 6) is -2.53. The number of fused-ring (bicyclic) bond motifs is 1. The van der Waals surface area contributed by atoms with Crippen LogP contribution in [0.5, 0.6) is 0 Å². The van der Waals surface area contributed by atoms with Crippen molar-refractivity contribution in [2.24, 2.45) is 5.92 Å². The SMILES string of the molecule is C=CC(=O)N1CCN(c2c(C#N)c(=O)n(C3=C(C)C=CN(C)C3C(C)C)c3nc(-c4c(F)c(N)c(Cl)c(F)c4Cl)c(Cl)cc23)CC1. The number of nitrogen functional groups attached to an aromatic ring is 1. The highest BCUT2D eigenvalue weighted by Crippen LogP contribution is 2.44. The van der Waals surface area contributed by atoms with E-state index in [1.54, 1.807) is 4.90 Å². The summed E-state index contributed by atoms with van der Waals surface area (Å²) in [6.45, 7) is 10.6. The second-order valence-corrected chi connectivity index (χ2v) is 12.6. The van der Waals surface area contributed by atoms with Gasteiger partial charge in [-0.1, -0.05) is 55.2 Å². The number of hydrogen-bond acceptors (Lipinski definition) is 7. The van der Waals surface area contributed by atoms with Gasteiger partial charge in [0.2, 0.25) is 5.91 Å². The summed E-state index contributed by atoms with van der Waals surface area (Å²) in [4.78, 5) is 36.9. The van der Waals surface area contributed by atoms with Gasteiger partial charge < -0.3 is 20.4 Å². The Morgan fingerprint density at radius 2 is 1.83 bits per heavy atom. The monoisotopic (exact) mass is 687 g/mol. The maximum absolute atomic E-state index is 15.7. The van der Waals surface area contributed by atoms with Crippen LogP contribution in [0, 0.1) is 28.9 Å². The Labute approximate surface area is 279 Å². The molecule has 4 heterocycles. The normalized spacial score (nSPS) is 16.9. The van der Waals surface area contributed by atoms with Gasteiger partial charge in [-0.3, -0.25) is 14.2 Å². The van der Waals surface area contributed by atoms with Gasteiger partial charge >= 0.3 is 0 Å². The van der Waals surface area contributed by atoms with Crippen molar-refractivity contribution in [2.45, 2.75) is 26.8 Å². The minimum Gasteiger partial charge on any atom is -0.395 e. The van der Waals surface area contributed by atoms with Crippen molar-refractivity contribution in [3.8, 4) is 17.3 Å². The number of rotatable bonds is 5. The summed E-state index contributed by atoms with van der Waals surface area (Å²) >= 11 is 18.9. The van der Waals surface area contributed by atoms with Gasteiger partial charge in [-0.25, -0.2) is 13.8 Å². The number of pyridine rings is 2. The number of halogens is 5. The molecule has 1 unspecified atom stereocenters. The molecule has 14 heteroatoms. The Morgan fingerprint density at radius 3 is 2.41 bits per heavy atom. The quantitative estimate of drug-likeness (QED) is 0.145. The third-order valence-corrected chi connectivity index (χ3v) is 9.37. The number of hydrogen-bond donors (Lipinski definition) is 1. The minimum absolute atomic E-state index is 0.00800. The molecule has 1 amide bonds. The smallest absolute Gasteiger partial charge is 0.276 e. The van der Waals surface area contributed by atoms with Crippen molar-refractivity contribution in [2.75, 3.05) is 43.9 Å². The topological polar surface area (TPSA) is 111 Å². The van der Waals surface area contributed by atoms with Gasteiger partial charge in [0.1, 0.15) is 22.3 Å². The van der Waals surface area contributed by atoms with Crippen molar-refractivity contribution in [3.05, 3.63) is 79.2 Å². The van der Waals surface area contributed by atoms with Crippen molar-refractivity contribution >= 4 is 68.8 Å². The van der Waals surface area contributed by atoms with E-state index in [4.69, 9.17) is 45.5 Å². The summed E-state index contributed by atoms with van der Waals surface area (Å²) in [5.41, 5.74) is 5.06. The van der Waals surface area contributed by atoms with Crippen LogP contribution in [0.4, 0.5) is 20.2 Å². The molecule has 0 bridgehead atoms. The zero-order chi connectivity index (χ0) is 33.8. The van der Waals surface area contributed by atoms with Crippen LogP contribution in [0.15, 0.2) is 41.4 Å². The standard InChI is InChI=1S/C32H30Cl3F2N7O2/c1-6-20(45)42-9-11-43(12-10-42)30-17-13-19(33)27(21-22(34)25(37)23(35)26(39)24(21)36)40-31(17)44(32(46)18(30)14-38)29-16(4)7-8-41(5)28(29)15(2)3/h6-8,13,15,28H,1,9-12,39H2,2-5H3. The molecule has 240 valence electrons. The lowest BCUT2D eigenvalue weighted by atomic mass is 9.93. The molecule has 0 spiro atoms. The van der Waals surface area contributed by atoms with E-state index in [-0.39, 0.29) is 58.6 Å².